The summed E-state index contributed by atoms with van der Waals surface area (Å²) in [5.41, 5.74) is 3.15. The summed E-state index contributed by atoms with van der Waals surface area (Å²) in [5.74, 6) is 0.569. The fraction of sp³-hybridized carbons (Fsp3) is 0.400. The second-order valence-electron chi connectivity index (χ2n) is 9.91. The molecule has 39 heavy (non-hydrogen) atoms. The maximum atomic E-state index is 14.1. The second-order valence-corrected chi connectivity index (χ2v) is 9.91. The first kappa shape index (κ1) is 30.0. The van der Waals surface area contributed by atoms with Crippen LogP contribution in [0, 0.1) is 0 Å². The molecule has 0 bridgehead atoms. The number of unbranched alkanes of at least 4 members (excludes halogenated alkanes) is 5. The van der Waals surface area contributed by atoms with Gasteiger partial charge in [0.1, 0.15) is 5.75 Å². The van der Waals surface area contributed by atoms with Gasteiger partial charge < -0.3 is 14.4 Å². The van der Waals surface area contributed by atoms with E-state index in [0.717, 1.165) is 47.5 Å². The first-order chi connectivity index (χ1) is 19.1. The van der Waals surface area contributed by atoms with Crippen LogP contribution in [0.25, 0.3) is 5.57 Å². The number of carbonyl (C=O) groups is 1. The molecule has 3 rings (SSSR count). The zero-order valence-electron chi connectivity index (χ0n) is 24.2. The van der Waals surface area contributed by atoms with Crippen LogP contribution in [0.4, 0.5) is 5.69 Å². The van der Waals surface area contributed by atoms with Gasteiger partial charge in [-0.1, -0.05) is 107 Å². The highest BCUT2D eigenvalue weighted by atomic mass is 16.5. The van der Waals surface area contributed by atoms with Gasteiger partial charge in [-0.25, -0.2) is 4.79 Å². The molecule has 1 unspecified atom stereocenters. The molecule has 0 aliphatic heterocycles. The van der Waals surface area contributed by atoms with Crippen LogP contribution in [0.3, 0.4) is 0 Å². The highest BCUT2D eigenvalue weighted by Gasteiger charge is 2.43. The van der Waals surface area contributed by atoms with Gasteiger partial charge in [0.25, 0.3) is 0 Å². The molecular weight excluding hydrogens is 482 g/mol. The minimum atomic E-state index is -0.991. The number of ether oxygens (including phenoxy) is 2. The van der Waals surface area contributed by atoms with Crippen LogP contribution in [0.1, 0.15) is 76.8 Å². The predicted molar refractivity (Wildman–Crippen MR) is 163 cm³/mol. The Balaban J connectivity index is 2.17. The van der Waals surface area contributed by atoms with Crippen molar-refractivity contribution >= 4 is 17.2 Å². The smallest absolute Gasteiger partial charge is 0.336 e. The van der Waals surface area contributed by atoms with Gasteiger partial charge in [0.15, 0.2) is 5.54 Å². The molecule has 0 radical (unpaired) electrons. The summed E-state index contributed by atoms with van der Waals surface area (Å²) in [6, 6.07) is 28.7. The second kappa shape index (κ2) is 15.8. The van der Waals surface area contributed by atoms with Crippen LogP contribution in [-0.4, -0.2) is 31.8 Å². The lowest BCUT2D eigenvalue weighted by Gasteiger charge is -2.42. The normalized spacial score (nSPS) is 12.3. The van der Waals surface area contributed by atoms with E-state index >= 15 is 0 Å². The van der Waals surface area contributed by atoms with Crippen molar-refractivity contribution in [1.82, 2.24) is 0 Å². The molecule has 0 aliphatic carbocycles. The van der Waals surface area contributed by atoms with Gasteiger partial charge in [-0.15, -0.1) is 0 Å². The average Bonchev–Trinajstić information content (AvgIpc) is 2.99. The summed E-state index contributed by atoms with van der Waals surface area (Å²) >= 11 is 0. The predicted octanol–water partition coefficient (Wildman–Crippen LogP) is 8.71. The number of carbonyl (C=O) groups excluding carboxylic acids is 1. The standard InChI is InChI=1S/C35H45NO3/c1-5-8-9-10-11-18-27-36(31-23-25-32(38-4)26-24-31)35(6-2,34(37)39-7-3)28-33(29-19-14-12-15-20-29)30-21-16-13-17-22-30/h12-17,19-26,28H,5-11,18,27H2,1-4H3. The fourth-order valence-corrected chi connectivity index (χ4v) is 5.12. The van der Waals surface area contributed by atoms with E-state index in [2.05, 4.69) is 61.2 Å². The van der Waals surface area contributed by atoms with Crippen molar-refractivity contribution in [2.75, 3.05) is 25.2 Å². The van der Waals surface area contributed by atoms with Crippen molar-refractivity contribution in [1.29, 1.82) is 0 Å². The molecule has 0 spiro atoms. The third kappa shape index (κ3) is 7.98. The number of rotatable bonds is 16. The van der Waals surface area contributed by atoms with Crippen LogP contribution < -0.4 is 9.64 Å². The molecule has 208 valence electrons. The van der Waals surface area contributed by atoms with E-state index in [0.29, 0.717) is 13.0 Å². The molecule has 0 saturated carbocycles. The van der Waals surface area contributed by atoms with Gasteiger partial charge in [-0.3, -0.25) is 0 Å². The van der Waals surface area contributed by atoms with Gasteiger partial charge in [0.05, 0.1) is 13.7 Å². The Morgan fingerprint density at radius 3 is 1.85 bits per heavy atom. The minimum Gasteiger partial charge on any atom is -0.497 e. The molecule has 4 nitrogen and oxygen atoms in total. The maximum absolute atomic E-state index is 14.1. The maximum Gasteiger partial charge on any atom is 0.336 e. The van der Waals surface area contributed by atoms with E-state index in [4.69, 9.17) is 9.47 Å². The molecular formula is C35H45NO3. The van der Waals surface area contributed by atoms with Gasteiger partial charge in [-0.05, 0) is 66.8 Å². The van der Waals surface area contributed by atoms with Crippen molar-refractivity contribution < 1.29 is 14.3 Å². The first-order valence-electron chi connectivity index (χ1n) is 14.5. The number of benzene rings is 3. The van der Waals surface area contributed by atoms with Crippen LogP contribution in [0.2, 0.25) is 0 Å². The van der Waals surface area contributed by atoms with Crippen molar-refractivity contribution in [3.05, 3.63) is 102 Å². The molecule has 3 aromatic carbocycles. The van der Waals surface area contributed by atoms with E-state index in [1.807, 2.05) is 55.5 Å². The molecule has 0 aromatic heterocycles. The summed E-state index contributed by atoms with van der Waals surface area (Å²) in [6.45, 7) is 7.28. The molecule has 0 heterocycles. The van der Waals surface area contributed by atoms with Crippen LogP contribution in [0.15, 0.2) is 91.0 Å². The fourth-order valence-electron chi connectivity index (χ4n) is 5.12. The highest BCUT2D eigenvalue weighted by molar-refractivity contribution is 5.93. The minimum absolute atomic E-state index is 0.223. The van der Waals surface area contributed by atoms with Crippen molar-refractivity contribution in [3.63, 3.8) is 0 Å². The topological polar surface area (TPSA) is 38.8 Å². The first-order valence-corrected chi connectivity index (χ1v) is 14.5. The molecule has 4 heteroatoms. The number of hydrogen-bond acceptors (Lipinski definition) is 4. The number of anilines is 1. The lowest BCUT2D eigenvalue weighted by atomic mass is 9.85. The summed E-state index contributed by atoms with van der Waals surface area (Å²) in [7, 11) is 1.67. The largest absolute Gasteiger partial charge is 0.497 e. The summed E-state index contributed by atoms with van der Waals surface area (Å²) in [4.78, 5) is 16.3. The van der Waals surface area contributed by atoms with Crippen molar-refractivity contribution in [2.45, 2.75) is 71.3 Å². The zero-order chi connectivity index (χ0) is 27.9. The van der Waals surface area contributed by atoms with E-state index in [1.54, 1.807) is 7.11 Å². The molecule has 1 atom stereocenters. The lowest BCUT2D eigenvalue weighted by molar-refractivity contribution is -0.148. The molecule has 0 aliphatic rings. The number of methoxy groups -OCH3 is 1. The van der Waals surface area contributed by atoms with Gasteiger partial charge in [-0.2, -0.15) is 0 Å². The van der Waals surface area contributed by atoms with E-state index in [-0.39, 0.29) is 5.97 Å². The van der Waals surface area contributed by atoms with E-state index in [1.165, 1.54) is 25.7 Å². The van der Waals surface area contributed by atoms with Crippen LogP contribution in [0.5, 0.6) is 5.75 Å². The highest BCUT2D eigenvalue weighted by Crippen LogP contribution is 2.36. The molecule has 0 amide bonds. The van der Waals surface area contributed by atoms with Crippen LogP contribution >= 0.6 is 0 Å². The molecule has 0 N–H and O–H groups in total. The number of hydrogen-bond donors (Lipinski definition) is 0. The molecule has 0 fully saturated rings. The quantitative estimate of drug-likeness (QED) is 0.138. The Morgan fingerprint density at radius 1 is 0.769 bits per heavy atom. The van der Waals surface area contributed by atoms with Crippen LogP contribution in [-0.2, 0) is 9.53 Å². The number of esters is 1. The Hall–Kier alpha value is -3.53. The van der Waals surface area contributed by atoms with Crippen molar-refractivity contribution in [3.8, 4) is 5.75 Å². The summed E-state index contributed by atoms with van der Waals surface area (Å²) in [6.07, 6.45) is 9.80. The number of nitrogens with zero attached hydrogens (tertiary/aromatic N) is 1. The summed E-state index contributed by atoms with van der Waals surface area (Å²) < 4.78 is 11.3. The zero-order valence-corrected chi connectivity index (χ0v) is 24.2. The van der Waals surface area contributed by atoms with E-state index in [9.17, 15) is 4.79 Å². The third-order valence-corrected chi connectivity index (χ3v) is 7.32. The Bertz CT molecular complexity index is 1100. The Kier molecular flexibility index (Phi) is 12.1. The van der Waals surface area contributed by atoms with Gasteiger partial charge >= 0.3 is 5.97 Å². The average molecular weight is 528 g/mol. The Labute approximate surface area is 235 Å². The SMILES string of the molecule is CCCCCCCCN(c1ccc(OC)cc1)C(C=C(c1ccccc1)c1ccccc1)(CC)C(=O)OCC. The van der Waals surface area contributed by atoms with Gasteiger partial charge in [0, 0.05) is 12.2 Å². The Morgan fingerprint density at radius 2 is 1.33 bits per heavy atom. The van der Waals surface area contributed by atoms with E-state index < -0.39 is 5.54 Å². The van der Waals surface area contributed by atoms with Crippen molar-refractivity contribution in [2.24, 2.45) is 0 Å². The molecule has 3 aromatic rings. The monoisotopic (exact) mass is 527 g/mol. The van der Waals surface area contributed by atoms with Gasteiger partial charge in [0.2, 0.25) is 0 Å². The third-order valence-electron chi connectivity index (χ3n) is 7.32. The summed E-state index contributed by atoms with van der Waals surface area (Å²) in [5, 5.41) is 0. The molecule has 0 saturated heterocycles. The lowest BCUT2D eigenvalue weighted by Crippen LogP contribution is -2.55.